The van der Waals surface area contributed by atoms with Crippen LogP contribution in [0.15, 0.2) is 28.1 Å². The van der Waals surface area contributed by atoms with E-state index in [-0.39, 0.29) is 11.1 Å². The number of sulfonamides is 1. The van der Waals surface area contributed by atoms with Crippen molar-refractivity contribution in [3.05, 3.63) is 29.3 Å². The molecule has 5 nitrogen and oxygen atoms in total. The molecule has 1 atom stereocenters. The molecule has 0 spiro atoms. The van der Waals surface area contributed by atoms with Crippen LogP contribution in [0.3, 0.4) is 0 Å². The van der Waals surface area contributed by atoms with Crippen LogP contribution in [0.4, 0.5) is 0 Å². The van der Waals surface area contributed by atoms with Gasteiger partial charge in [0.1, 0.15) is 12.5 Å². The van der Waals surface area contributed by atoms with Gasteiger partial charge in [-0.25, -0.2) is 8.42 Å². The van der Waals surface area contributed by atoms with Crippen LogP contribution in [0.2, 0.25) is 0 Å². The molecule has 0 radical (unpaired) electrons. The molecule has 1 aliphatic rings. The van der Waals surface area contributed by atoms with Crippen LogP contribution in [0.25, 0.3) is 0 Å². The fourth-order valence-corrected chi connectivity index (χ4v) is 4.19. The summed E-state index contributed by atoms with van der Waals surface area (Å²) in [6.07, 6.45) is 3.01. The SMILES string of the molecule is CCCCC1N=C(C)CN1S(=O)(=O)c1ccc(C)c(C=O)c1. The zero-order valence-corrected chi connectivity index (χ0v) is 14.1. The van der Waals surface area contributed by atoms with Gasteiger partial charge in [-0.05, 0) is 38.0 Å². The van der Waals surface area contributed by atoms with Gasteiger partial charge in [-0.1, -0.05) is 25.8 Å². The Balaban J connectivity index is 2.35. The zero-order valence-electron chi connectivity index (χ0n) is 13.2. The van der Waals surface area contributed by atoms with Crippen molar-refractivity contribution in [2.75, 3.05) is 6.54 Å². The number of carbonyl (C=O) groups excluding carboxylic acids is 1. The molecule has 0 bridgehead atoms. The predicted octanol–water partition coefficient (Wildman–Crippen LogP) is 2.79. The van der Waals surface area contributed by atoms with Gasteiger partial charge in [-0.3, -0.25) is 9.79 Å². The minimum atomic E-state index is -3.64. The van der Waals surface area contributed by atoms with Gasteiger partial charge in [0.2, 0.25) is 10.0 Å². The van der Waals surface area contributed by atoms with Crippen LogP contribution in [-0.2, 0) is 10.0 Å². The standard InChI is InChI=1S/C16H22N2O3S/c1-4-5-6-16-17-13(3)10-18(16)22(20,21)15-8-7-12(2)14(9-15)11-19/h7-9,11,16H,4-6,10H2,1-3H3. The molecule has 1 aliphatic heterocycles. The zero-order chi connectivity index (χ0) is 16.3. The molecule has 1 unspecified atom stereocenters. The van der Waals surface area contributed by atoms with Gasteiger partial charge < -0.3 is 0 Å². The lowest BCUT2D eigenvalue weighted by Crippen LogP contribution is -2.37. The molecule has 6 heteroatoms. The molecular formula is C16H22N2O3S. The highest BCUT2D eigenvalue weighted by molar-refractivity contribution is 7.89. The lowest BCUT2D eigenvalue weighted by Gasteiger charge is -2.23. The summed E-state index contributed by atoms with van der Waals surface area (Å²) < 4.78 is 27.2. The van der Waals surface area contributed by atoms with Crippen molar-refractivity contribution < 1.29 is 13.2 Å². The third kappa shape index (κ3) is 3.28. The summed E-state index contributed by atoms with van der Waals surface area (Å²) in [4.78, 5) is 15.7. The third-order valence-electron chi connectivity index (χ3n) is 3.89. The van der Waals surface area contributed by atoms with Gasteiger partial charge in [0.05, 0.1) is 11.4 Å². The number of benzene rings is 1. The Kier molecular flexibility index (Phi) is 5.13. The predicted molar refractivity (Wildman–Crippen MR) is 86.9 cm³/mol. The first kappa shape index (κ1) is 16.8. The summed E-state index contributed by atoms with van der Waals surface area (Å²) >= 11 is 0. The Labute approximate surface area is 132 Å². The number of aryl methyl sites for hydroxylation is 1. The number of carbonyl (C=O) groups is 1. The summed E-state index contributed by atoms with van der Waals surface area (Å²) in [5.74, 6) is 0. The highest BCUT2D eigenvalue weighted by Crippen LogP contribution is 2.26. The summed E-state index contributed by atoms with van der Waals surface area (Å²) in [6.45, 7) is 6.02. The average Bonchev–Trinajstić information content (AvgIpc) is 2.87. The first-order valence-electron chi connectivity index (χ1n) is 7.51. The molecule has 0 saturated heterocycles. The topological polar surface area (TPSA) is 66.8 Å². The van der Waals surface area contributed by atoms with Crippen LogP contribution >= 0.6 is 0 Å². The number of hydrogen-bond acceptors (Lipinski definition) is 4. The van der Waals surface area contributed by atoms with E-state index in [1.807, 2.05) is 6.92 Å². The monoisotopic (exact) mass is 322 g/mol. The number of nitrogens with zero attached hydrogens (tertiary/aromatic N) is 2. The van der Waals surface area contributed by atoms with Crippen LogP contribution in [0, 0.1) is 6.92 Å². The molecule has 1 heterocycles. The van der Waals surface area contributed by atoms with E-state index in [4.69, 9.17) is 0 Å². The van der Waals surface area contributed by atoms with Gasteiger partial charge in [-0.2, -0.15) is 4.31 Å². The minimum Gasteiger partial charge on any atom is -0.298 e. The molecule has 0 aromatic heterocycles. The van der Waals surface area contributed by atoms with Crippen molar-refractivity contribution in [2.45, 2.75) is 51.1 Å². The molecule has 0 N–H and O–H groups in total. The van der Waals surface area contributed by atoms with Crippen LogP contribution < -0.4 is 0 Å². The summed E-state index contributed by atoms with van der Waals surface area (Å²) in [5.41, 5.74) is 2.00. The third-order valence-corrected chi connectivity index (χ3v) is 5.73. The lowest BCUT2D eigenvalue weighted by atomic mass is 10.1. The van der Waals surface area contributed by atoms with Crippen LogP contribution in [0.5, 0.6) is 0 Å². The van der Waals surface area contributed by atoms with E-state index >= 15 is 0 Å². The molecule has 0 fully saturated rings. The van der Waals surface area contributed by atoms with E-state index < -0.39 is 10.0 Å². The molecule has 2 rings (SSSR count). The Hall–Kier alpha value is -1.53. The van der Waals surface area contributed by atoms with E-state index in [1.165, 1.54) is 10.4 Å². The van der Waals surface area contributed by atoms with Crippen molar-refractivity contribution in [1.29, 1.82) is 0 Å². The largest absolute Gasteiger partial charge is 0.298 e. The second-order valence-electron chi connectivity index (χ2n) is 5.67. The molecule has 0 saturated carbocycles. The molecule has 22 heavy (non-hydrogen) atoms. The first-order valence-corrected chi connectivity index (χ1v) is 8.95. The van der Waals surface area contributed by atoms with E-state index in [0.717, 1.165) is 30.5 Å². The summed E-state index contributed by atoms with van der Waals surface area (Å²) in [6, 6.07) is 4.67. The summed E-state index contributed by atoms with van der Waals surface area (Å²) in [7, 11) is -3.64. The average molecular weight is 322 g/mol. The Morgan fingerprint density at radius 2 is 2.09 bits per heavy atom. The maximum atomic E-state index is 12.9. The van der Waals surface area contributed by atoms with Gasteiger partial charge >= 0.3 is 0 Å². The lowest BCUT2D eigenvalue weighted by molar-refractivity contribution is 0.112. The highest BCUT2D eigenvalue weighted by Gasteiger charge is 2.35. The number of rotatable bonds is 6. The van der Waals surface area contributed by atoms with Crippen LogP contribution in [-0.4, -0.2) is 37.4 Å². The van der Waals surface area contributed by atoms with Crippen molar-refractivity contribution in [3.8, 4) is 0 Å². The fraction of sp³-hybridized carbons (Fsp3) is 0.500. The van der Waals surface area contributed by atoms with Gasteiger partial charge in [-0.15, -0.1) is 0 Å². The van der Waals surface area contributed by atoms with Gasteiger partial charge in [0, 0.05) is 11.3 Å². The van der Waals surface area contributed by atoms with Crippen LogP contribution in [0.1, 0.15) is 49.0 Å². The molecule has 120 valence electrons. The normalized spacial score (nSPS) is 19.2. The molecule has 0 amide bonds. The summed E-state index contributed by atoms with van der Waals surface area (Å²) in [5, 5.41) is 0. The number of aliphatic imine (C=N–C) groups is 1. The van der Waals surface area contributed by atoms with Gasteiger partial charge in [0.15, 0.2) is 0 Å². The Morgan fingerprint density at radius 1 is 1.36 bits per heavy atom. The van der Waals surface area contributed by atoms with Crippen molar-refractivity contribution in [2.24, 2.45) is 4.99 Å². The van der Waals surface area contributed by atoms with Gasteiger partial charge in [0.25, 0.3) is 0 Å². The second-order valence-corrected chi connectivity index (χ2v) is 7.56. The first-order chi connectivity index (χ1) is 10.4. The maximum Gasteiger partial charge on any atom is 0.245 e. The molecular weight excluding hydrogens is 300 g/mol. The Morgan fingerprint density at radius 3 is 2.73 bits per heavy atom. The van der Waals surface area contributed by atoms with E-state index in [0.29, 0.717) is 18.4 Å². The maximum absolute atomic E-state index is 12.9. The van der Waals surface area contributed by atoms with Crippen molar-refractivity contribution in [1.82, 2.24) is 4.31 Å². The molecule has 1 aromatic rings. The van der Waals surface area contributed by atoms with E-state index in [9.17, 15) is 13.2 Å². The molecule has 0 aliphatic carbocycles. The van der Waals surface area contributed by atoms with Crippen molar-refractivity contribution >= 4 is 22.0 Å². The number of aldehydes is 1. The number of unbranched alkanes of at least 4 members (excludes halogenated alkanes) is 1. The highest BCUT2D eigenvalue weighted by atomic mass is 32.2. The molecule has 1 aromatic carbocycles. The minimum absolute atomic E-state index is 0.159. The fourth-order valence-electron chi connectivity index (χ4n) is 2.57. The quantitative estimate of drug-likeness (QED) is 0.756. The Bertz CT molecular complexity index is 695. The van der Waals surface area contributed by atoms with Crippen molar-refractivity contribution in [3.63, 3.8) is 0 Å². The van der Waals surface area contributed by atoms with E-state index in [2.05, 4.69) is 11.9 Å². The number of hydrogen-bond donors (Lipinski definition) is 0. The smallest absolute Gasteiger partial charge is 0.245 e. The second kappa shape index (κ2) is 6.71. The van der Waals surface area contributed by atoms with E-state index in [1.54, 1.807) is 19.1 Å².